The SMILES string of the molecule is COc1cc(Nc2cc(Oc3ccc(NC(=O)Nc4cc(C(C)(C)C)cc(N[S+](C)O)c4OC)c4ccccc34)ccn2)ccc1C(=O)NC1CCN(C)CC1. The van der Waals surface area contributed by atoms with Crippen LogP contribution >= 0.6 is 0 Å². The third-order valence-electron chi connectivity index (χ3n) is 9.53. The molecule has 6 rings (SSSR count). The first-order valence-corrected chi connectivity index (χ1v) is 19.9. The van der Waals surface area contributed by atoms with Crippen LogP contribution in [0.4, 0.5) is 33.4 Å². The molecule has 0 radical (unpaired) electrons. The Morgan fingerprint density at radius 1 is 0.857 bits per heavy atom. The van der Waals surface area contributed by atoms with Crippen LogP contribution in [0.1, 0.15) is 49.5 Å². The zero-order chi connectivity index (χ0) is 40.0. The van der Waals surface area contributed by atoms with Gasteiger partial charge in [-0.25, -0.2) is 9.78 Å². The minimum atomic E-state index is -1.11. The normalized spacial score (nSPS) is 14.1. The first-order valence-electron chi connectivity index (χ1n) is 18.3. The predicted octanol–water partition coefficient (Wildman–Crippen LogP) is 8.60. The lowest BCUT2D eigenvalue weighted by atomic mass is 9.86. The number of anilines is 5. The maximum atomic E-state index is 13.5. The molecule has 294 valence electrons. The van der Waals surface area contributed by atoms with Crippen LogP contribution in [0.2, 0.25) is 0 Å². The maximum absolute atomic E-state index is 13.5. The van der Waals surface area contributed by atoms with Gasteiger partial charge in [-0.15, -0.1) is 0 Å². The van der Waals surface area contributed by atoms with E-state index < -0.39 is 17.4 Å². The van der Waals surface area contributed by atoms with Gasteiger partial charge >= 0.3 is 6.03 Å². The molecule has 3 amide bonds. The van der Waals surface area contributed by atoms with Gasteiger partial charge in [-0.3, -0.25) is 4.79 Å². The van der Waals surface area contributed by atoms with Crippen molar-refractivity contribution in [3.05, 3.63) is 96.2 Å². The molecule has 13 nitrogen and oxygen atoms in total. The molecule has 0 aliphatic carbocycles. The summed E-state index contributed by atoms with van der Waals surface area (Å²) in [6.07, 6.45) is 5.12. The van der Waals surface area contributed by atoms with E-state index in [4.69, 9.17) is 14.2 Å². The fourth-order valence-electron chi connectivity index (χ4n) is 6.55. The second-order valence-electron chi connectivity index (χ2n) is 14.7. The molecule has 1 aliphatic rings. The summed E-state index contributed by atoms with van der Waals surface area (Å²) in [5.74, 6) is 2.36. The molecule has 1 atom stereocenters. The predicted molar refractivity (Wildman–Crippen MR) is 226 cm³/mol. The summed E-state index contributed by atoms with van der Waals surface area (Å²) in [5, 5.41) is 13.9. The number of carbonyl (C=O) groups is 2. The molecule has 1 saturated heterocycles. The molecule has 2 heterocycles. The number of likely N-dealkylation sites (tertiary alicyclic amines) is 1. The Labute approximate surface area is 330 Å². The standard InChI is InChI=1S/C42H49N7O6S/c1-42(2,3)26-22-34(39(54-6)35(23-26)48-56(7)52)47-41(51)46-33-14-15-36(31-11-9-8-10-30(31)33)55-29-16-19-43-38(25-29)44-28-12-13-32(37(24-28)53-5)40(50)45-27-17-20-49(4)21-18-27/h8-16,19,22-25,27,48,52H,17-18,20-21H2,1-7H3,(H3-,43,44,45,46,47,50,51)/p+1. The zero-order valence-corrected chi connectivity index (χ0v) is 33.6. The van der Waals surface area contributed by atoms with E-state index in [1.807, 2.05) is 42.5 Å². The Bertz CT molecular complexity index is 2200. The molecule has 1 aromatic heterocycles. The van der Waals surface area contributed by atoms with Crippen LogP contribution in [-0.2, 0) is 16.8 Å². The number of piperidine rings is 1. The van der Waals surface area contributed by atoms with Gasteiger partial charge < -0.3 is 40.4 Å². The van der Waals surface area contributed by atoms with E-state index in [9.17, 15) is 14.1 Å². The number of aromatic nitrogens is 1. The highest BCUT2D eigenvalue weighted by Crippen LogP contribution is 2.40. The number of rotatable bonds is 12. The summed E-state index contributed by atoms with van der Waals surface area (Å²) in [7, 11) is 5.16. The molecule has 0 spiro atoms. The van der Waals surface area contributed by atoms with Crippen LogP contribution in [0.3, 0.4) is 0 Å². The van der Waals surface area contributed by atoms with Crippen molar-refractivity contribution < 1.29 is 28.4 Å². The summed E-state index contributed by atoms with van der Waals surface area (Å²) in [4.78, 5) is 33.4. The largest absolute Gasteiger partial charge is 0.496 e. The quantitative estimate of drug-likeness (QED) is 0.0678. The Morgan fingerprint density at radius 3 is 2.27 bits per heavy atom. The van der Waals surface area contributed by atoms with Gasteiger partial charge in [-0.1, -0.05) is 45.0 Å². The van der Waals surface area contributed by atoms with Gasteiger partial charge in [0.05, 0.1) is 31.2 Å². The molecule has 0 bridgehead atoms. The number of carbonyl (C=O) groups excluding carboxylic acids is 2. The number of methoxy groups -OCH3 is 2. The van der Waals surface area contributed by atoms with E-state index in [1.165, 1.54) is 7.11 Å². The van der Waals surface area contributed by atoms with Crippen molar-refractivity contribution in [1.82, 2.24) is 15.2 Å². The van der Waals surface area contributed by atoms with E-state index in [0.29, 0.717) is 57.1 Å². The highest BCUT2D eigenvalue weighted by Gasteiger charge is 2.24. The van der Waals surface area contributed by atoms with Crippen LogP contribution in [-0.4, -0.2) is 73.0 Å². The molecular weight excluding hydrogens is 731 g/mol. The lowest BCUT2D eigenvalue weighted by Crippen LogP contribution is -2.43. The van der Waals surface area contributed by atoms with Gasteiger partial charge in [0.2, 0.25) is 0 Å². The van der Waals surface area contributed by atoms with Crippen molar-refractivity contribution >= 4 is 62.6 Å². The van der Waals surface area contributed by atoms with Gasteiger partial charge in [-0.05, 0) is 86.4 Å². The number of fused-ring (bicyclic) bond motifs is 1. The zero-order valence-electron chi connectivity index (χ0n) is 32.8. The number of nitrogens with zero attached hydrogens (tertiary/aromatic N) is 2. The number of benzene rings is 4. The number of hydrogen-bond donors (Lipinski definition) is 6. The molecule has 56 heavy (non-hydrogen) atoms. The monoisotopic (exact) mass is 780 g/mol. The number of amides is 3. The molecule has 4 aromatic carbocycles. The van der Waals surface area contributed by atoms with Gasteiger partial charge in [0.1, 0.15) is 28.8 Å². The molecule has 1 unspecified atom stereocenters. The molecule has 0 saturated carbocycles. The van der Waals surface area contributed by atoms with Crippen LogP contribution in [0.15, 0.2) is 85.1 Å². The first kappa shape index (κ1) is 40.0. The van der Waals surface area contributed by atoms with Crippen molar-refractivity contribution in [2.24, 2.45) is 0 Å². The lowest BCUT2D eigenvalue weighted by molar-refractivity contribution is 0.0913. The third kappa shape index (κ3) is 9.75. The summed E-state index contributed by atoms with van der Waals surface area (Å²) < 4.78 is 30.8. The number of pyridine rings is 1. The number of hydrogen-bond acceptors (Lipinski definition) is 10. The van der Waals surface area contributed by atoms with Gasteiger partial charge in [-0.2, -0.15) is 9.27 Å². The van der Waals surface area contributed by atoms with Crippen LogP contribution in [0, 0.1) is 0 Å². The van der Waals surface area contributed by atoms with Gasteiger partial charge in [0.25, 0.3) is 17.3 Å². The minimum Gasteiger partial charge on any atom is -0.496 e. The third-order valence-corrected chi connectivity index (χ3v) is 10.0. The first-order chi connectivity index (χ1) is 26.8. The Morgan fingerprint density at radius 2 is 1.57 bits per heavy atom. The van der Waals surface area contributed by atoms with Gasteiger partial charge in [0, 0.05) is 40.8 Å². The highest BCUT2D eigenvalue weighted by atomic mass is 32.2. The van der Waals surface area contributed by atoms with Crippen LogP contribution < -0.4 is 40.2 Å². The number of urea groups is 1. The summed E-state index contributed by atoms with van der Waals surface area (Å²) in [6.45, 7) is 8.12. The fraction of sp³-hybridized carbons (Fsp3) is 0.310. The van der Waals surface area contributed by atoms with E-state index in [-0.39, 0.29) is 17.4 Å². The molecule has 5 aromatic rings. The van der Waals surface area contributed by atoms with Crippen molar-refractivity contribution in [2.75, 3.05) is 61.3 Å². The van der Waals surface area contributed by atoms with E-state index in [1.54, 1.807) is 56.0 Å². The number of nitrogens with one attached hydrogen (secondary N) is 5. The molecule has 1 aliphatic heterocycles. The Kier molecular flexibility index (Phi) is 12.4. The van der Waals surface area contributed by atoms with E-state index in [0.717, 1.165) is 42.3 Å². The summed E-state index contributed by atoms with van der Waals surface area (Å²) in [5.41, 5.74) is 3.49. The number of ether oxygens (including phenoxy) is 3. The van der Waals surface area contributed by atoms with Crippen molar-refractivity contribution in [3.63, 3.8) is 0 Å². The Hall–Kier alpha value is -5.70. The maximum Gasteiger partial charge on any atom is 0.323 e. The second kappa shape index (κ2) is 17.4. The highest BCUT2D eigenvalue weighted by molar-refractivity contribution is 7.92. The van der Waals surface area contributed by atoms with Crippen LogP contribution in [0.25, 0.3) is 10.8 Å². The average Bonchev–Trinajstić information content (AvgIpc) is 3.16. The van der Waals surface area contributed by atoms with Crippen molar-refractivity contribution in [3.8, 4) is 23.0 Å². The lowest BCUT2D eigenvalue weighted by Gasteiger charge is -2.29. The molecular formula is C42H50N7O6S+. The minimum absolute atomic E-state index is 0.137. The van der Waals surface area contributed by atoms with E-state index in [2.05, 4.69) is 63.7 Å². The topological polar surface area (TPSA) is 158 Å². The average molecular weight is 781 g/mol. The molecule has 1 fully saturated rings. The molecule has 6 N–H and O–H groups in total. The smallest absolute Gasteiger partial charge is 0.323 e. The second-order valence-corrected chi connectivity index (χ2v) is 15.9. The van der Waals surface area contributed by atoms with Crippen molar-refractivity contribution in [1.29, 1.82) is 0 Å². The summed E-state index contributed by atoms with van der Waals surface area (Å²) in [6, 6.07) is 23.6. The molecule has 14 heteroatoms. The van der Waals surface area contributed by atoms with Crippen molar-refractivity contribution in [2.45, 2.75) is 45.1 Å². The van der Waals surface area contributed by atoms with Gasteiger partial charge in [0.15, 0.2) is 12.0 Å². The summed E-state index contributed by atoms with van der Waals surface area (Å²) >= 11 is -1.11. The van der Waals surface area contributed by atoms with Crippen LogP contribution in [0.5, 0.6) is 23.0 Å². The fourth-order valence-corrected chi connectivity index (χ4v) is 7.02. The van der Waals surface area contributed by atoms with E-state index >= 15 is 0 Å². The Balaban J connectivity index is 1.17.